The molecule has 44 heavy (non-hydrogen) atoms. The van der Waals surface area contributed by atoms with Crippen molar-refractivity contribution in [3.05, 3.63) is 173 Å². The first-order valence-corrected chi connectivity index (χ1v) is 14.9. The Morgan fingerprint density at radius 3 is 1.73 bits per heavy atom. The summed E-state index contributed by atoms with van der Waals surface area (Å²) in [4.78, 5) is 15.6. The first-order valence-electron chi connectivity index (χ1n) is 14.9. The third kappa shape index (κ3) is 3.73. The standard InChI is InChI=1S/C41H25N3/c1-4-12-26(13-5-1)29-20-22-34-38(39-35(43-34)23-21-32-31-18-10-11-19-33(31)44-40(32)39)37(29)41-36(28-16-8-3-9-17-28)30(24-25-42-41)27-14-6-2-7-15-27/h1-25H. The van der Waals surface area contributed by atoms with Crippen molar-refractivity contribution in [3.8, 4) is 55.8 Å². The molecule has 0 aliphatic carbocycles. The minimum absolute atomic E-state index is 0.935. The molecule has 0 radical (unpaired) electrons. The Morgan fingerprint density at radius 2 is 1.00 bits per heavy atom. The zero-order chi connectivity index (χ0) is 29.0. The SMILES string of the molecule is c1ccc(-c2ccnc(-c3c(-c4ccccc4)ccc4c3-c3c5c(ccc3=N4)=c3ccccc3=N5)c2-c2ccccc2)cc1. The zero-order valence-corrected chi connectivity index (χ0v) is 23.8. The maximum Gasteiger partial charge on any atom is 0.0817 e. The van der Waals surface area contributed by atoms with Crippen LogP contribution >= 0.6 is 0 Å². The molecule has 0 spiro atoms. The Labute approximate surface area is 254 Å². The van der Waals surface area contributed by atoms with E-state index in [0.717, 1.165) is 88.3 Å². The number of aromatic nitrogens is 1. The smallest absolute Gasteiger partial charge is 0.0817 e. The van der Waals surface area contributed by atoms with E-state index in [9.17, 15) is 0 Å². The highest BCUT2D eigenvalue weighted by Gasteiger charge is 2.29. The summed E-state index contributed by atoms with van der Waals surface area (Å²) in [5, 5.41) is 4.25. The van der Waals surface area contributed by atoms with Crippen LogP contribution in [0.15, 0.2) is 162 Å². The minimum Gasteiger partial charge on any atom is -0.256 e. The topological polar surface area (TPSA) is 37.6 Å². The summed E-state index contributed by atoms with van der Waals surface area (Å²) in [6.07, 6.45) is 1.95. The van der Waals surface area contributed by atoms with Gasteiger partial charge in [-0.3, -0.25) is 4.98 Å². The van der Waals surface area contributed by atoms with E-state index in [2.05, 4.69) is 146 Å². The van der Waals surface area contributed by atoms with Crippen molar-refractivity contribution in [1.29, 1.82) is 0 Å². The molecule has 3 heteroatoms. The molecule has 1 aromatic heterocycles. The summed E-state index contributed by atoms with van der Waals surface area (Å²) in [6.45, 7) is 0. The number of pyridine rings is 1. The summed E-state index contributed by atoms with van der Waals surface area (Å²) in [5.41, 5.74) is 12.9. The van der Waals surface area contributed by atoms with Gasteiger partial charge in [0, 0.05) is 38.9 Å². The van der Waals surface area contributed by atoms with Gasteiger partial charge in [-0.1, -0.05) is 115 Å². The number of nitrogens with zero attached hydrogens (tertiary/aromatic N) is 3. The summed E-state index contributed by atoms with van der Waals surface area (Å²) in [6, 6.07) is 51.0. The van der Waals surface area contributed by atoms with Gasteiger partial charge in [0.1, 0.15) is 0 Å². The number of rotatable bonds is 4. The fourth-order valence-electron chi connectivity index (χ4n) is 6.75. The molecule has 6 aromatic carbocycles. The van der Waals surface area contributed by atoms with E-state index < -0.39 is 0 Å². The van der Waals surface area contributed by atoms with Crippen molar-refractivity contribution in [2.24, 2.45) is 9.98 Å². The lowest BCUT2D eigenvalue weighted by Crippen LogP contribution is -2.02. The lowest BCUT2D eigenvalue weighted by molar-refractivity contribution is 1.32. The molecule has 0 unspecified atom stereocenters. The molecule has 0 fully saturated rings. The summed E-state index contributed by atoms with van der Waals surface area (Å²) >= 11 is 0. The van der Waals surface area contributed by atoms with E-state index in [0.29, 0.717) is 0 Å². The second-order valence-electron chi connectivity index (χ2n) is 11.2. The van der Waals surface area contributed by atoms with Crippen LogP contribution in [0, 0.1) is 10.4 Å². The molecule has 3 nitrogen and oxygen atoms in total. The summed E-state index contributed by atoms with van der Waals surface area (Å²) in [5.74, 6) is 0. The number of hydrogen-bond acceptors (Lipinski definition) is 3. The van der Waals surface area contributed by atoms with Crippen LogP contribution in [-0.2, 0) is 0 Å². The van der Waals surface area contributed by atoms with E-state index in [1.54, 1.807) is 0 Å². The monoisotopic (exact) mass is 559 g/mol. The van der Waals surface area contributed by atoms with E-state index in [4.69, 9.17) is 15.0 Å². The number of fused-ring (bicyclic) bond motifs is 6. The molecule has 7 aromatic rings. The van der Waals surface area contributed by atoms with E-state index >= 15 is 0 Å². The molecular formula is C41H25N3. The van der Waals surface area contributed by atoms with Gasteiger partial charge in [0.05, 0.1) is 27.8 Å². The van der Waals surface area contributed by atoms with Crippen molar-refractivity contribution in [3.63, 3.8) is 0 Å². The average molecular weight is 560 g/mol. The van der Waals surface area contributed by atoms with Crippen LogP contribution in [0.5, 0.6) is 0 Å². The summed E-state index contributed by atoms with van der Waals surface area (Å²) < 4.78 is 0. The van der Waals surface area contributed by atoms with E-state index in [-0.39, 0.29) is 0 Å². The van der Waals surface area contributed by atoms with E-state index in [1.165, 1.54) is 0 Å². The van der Waals surface area contributed by atoms with Crippen molar-refractivity contribution in [2.75, 3.05) is 0 Å². The van der Waals surface area contributed by atoms with Gasteiger partial charge in [-0.2, -0.15) is 0 Å². The third-order valence-corrected chi connectivity index (χ3v) is 8.68. The van der Waals surface area contributed by atoms with Crippen LogP contribution in [-0.4, -0.2) is 4.98 Å². The quantitative estimate of drug-likeness (QED) is 0.212. The molecule has 0 saturated carbocycles. The largest absolute Gasteiger partial charge is 0.256 e. The fourth-order valence-corrected chi connectivity index (χ4v) is 6.75. The van der Waals surface area contributed by atoms with Crippen LogP contribution in [0.2, 0.25) is 0 Å². The average Bonchev–Trinajstić information content (AvgIpc) is 3.67. The van der Waals surface area contributed by atoms with Crippen LogP contribution in [0.1, 0.15) is 0 Å². The molecule has 2 aliphatic rings. The van der Waals surface area contributed by atoms with Gasteiger partial charge in [-0.05, 0) is 58.1 Å². The Morgan fingerprint density at radius 1 is 0.364 bits per heavy atom. The first kappa shape index (κ1) is 24.6. The molecule has 0 amide bonds. The second-order valence-corrected chi connectivity index (χ2v) is 11.2. The highest BCUT2D eigenvalue weighted by atomic mass is 14.8. The molecule has 2 aliphatic heterocycles. The van der Waals surface area contributed by atoms with E-state index in [1.807, 2.05) is 6.20 Å². The predicted molar refractivity (Wildman–Crippen MR) is 177 cm³/mol. The van der Waals surface area contributed by atoms with Gasteiger partial charge in [-0.15, -0.1) is 0 Å². The van der Waals surface area contributed by atoms with Gasteiger partial charge in [0.2, 0.25) is 0 Å². The van der Waals surface area contributed by atoms with Crippen LogP contribution in [0.3, 0.4) is 0 Å². The molecule has 0 bridgehead atoms. The third-order valence-electron chi connectivity index (χ3n) is 8.68. The minimum atomic E-state index is 0.935. The maximum absolute atomic E-state index is 5.21. The second kappa shape index (κ2) is 9.82. The Hall–Kier alpha value is -5.93. The summed E-state index contributed by atoms with van der Waals surface area (Å²) in [7, 11) is 0. The van der Waals surface area contributed by atoms with Gasteiger partial charge in [0.15, 0.2) is 0 Å². The maximum atomic E-state index is 5.21. The normalized spacial score (nSPS) is 12.0. The molecule has 0 N–H and O–H groups in total. The van der Waals surface area contributed by atoms with Crippen molar-refractivity contribution < 1.29 is 0 Å². The van der Waals surface area contributed by atoms with Crippen molar-refractivity contribution >= 4 is 11.4 Å². The molecule has 0 atom stereocenters. The number of benzene rings is 6. The predicted octanol–water partition coefficient (Wildman–Crippen LogP) is 9.23. The van der Waals surface area contributed by atoms with Crippen LogP contribution < -0.4 is 10.7 Å². The Kier molecular flexibility index (Phi) is 5.50. The molecular weight excluding hydrogens is 534 g/mol. The molecule has 204 valence electrons. The Balaban J connectivity index is 1.44. The number of hydrogen-bond donors (Lipinski definition) is 0. The van der Waals surface area contributed by atoms with Crippen LogP contribution in [0.4, 0.5) is 11.4 Å². The zero-order valence-electron chi connectivity index (χ0n) is 23.8. The van der Waals surface area contributed by atoms with Gasteiger partial charge in [0.25, 0.3) is 0 Å². The highest BCUT2D eigenvalue weighted by Crippen LogP contribution is 2.51. The first-order chi connectivity index (χ1) is 21.8. The number of para-hydroxylation sites is 1. The molecule has 9 rings (SSSR count). The van der Waals surface area contributed by atoms with Crippen molar-refractivity contribution in [1.82, 2.24) is 4.98 Å². The fraction of sp³-hybridized carbons (Fsp3) is 0. The lowest BCUT2D eigenvalue weighted by atomic mass is 9.84. The van der Waals surface area contributed by atoms with Crippen LogP contribution in [0.25, 0.3) is 55.8 Å². The highest BCUT2D eigenvalue weighted by molar-refractivity contribution is 6.07. The van der Waals surface area contributed by atoms with Crippen molar-refractivity contribution in [2.45, 2.75) is 0 Å². The van der Waals surface area contributed by atoms with Gasteiger partial charge < -0.3 is 0 Å². The molecule has 0 saturated heterocycles. The molecule has 3 heterocycles. The lowest BCUT2D eigenvalue weighted by Gasteiger charge is -2.20. The van der Waals surface area contributed by atoms with Gasteiger partial charge in [-0.25, -0.2) is 9.98 Å². The Bertz CT molecular complexity index is 2470. The van der Waals surface area contributed by atoms with Gasteiger partial charge >= 0.3 is 0 Å².